The lowest BCUT2D eigenvalue weighted by Crippen LogP contribution is -2.29. The van der Waals surface area contributed by atoms with Crippen LogP contribution in [0.1, 0.15) is 12.5 Å². The van der Waals surface area contributed by atoms with Crippen molar-refractivity contribution >= 4 is 17.5 Å². The number of nitrogens with zero attached hydrogens (tertiary/aromatic N) is 2. The Labute approximate surface area is 88.0 Å². The van der Waals surface area contributed by atoms with E-state index in [4.69, 9.17) is 0 Å². The molecule has 0 saturated heterocycles. The summed E-state index contributed by atoms with van der Waals surface area (Å²) in [7, 11) is 1.98. The van der Waals surface area contributed by atoms with Gasteiger partial charge in [-0.15, -0.1) is 0 Å². The Kier molecular flexibility index (Phi) is 2.19. The fourth-order valence-corrected chi connectivity index (χ4v) is 1.70. The van der Waals surface area contributed by atoms with Gasteiger partial charge in [0.05, 0.1) is 4.92 Å². The molecule has 0 fully saturated rings. The molecule has 1 aliphatic rings. The minimum absolute atomic E-state index is 0.140. The molecular weight excluding hydrogens is 192 g/mol. The average molecular weight is 204 g/mol. The highest BCUT2D eigenvalue weighted by molar-refractivity contribution is 5.73. The molecule has 1 unspecified atom stereocenters. The molecule has 0 saturated carbocycles. The molecule has 0 radical (unpaired) electrons. The zero-order valence-corrected chi connectivity index (χ0v) is 8.68. The highest BCUT2D eigenvalue weighted by Crippen LogP contribution is 2.30. The standard InChI is InChI=1S/C11H12N2O2/c1-8-3-4-9-7-10(13(14)15)5-6-11(9)12(8)2/h3-8H,1-2H3. The summed E-state index contributed by atoms with van der Waals surface area (Å²) in [6.07, 6.45) is 3.97. The fraction of sp³-hybridized carbons (Fsp3) is 0.273. The third-order valence-corrected chi connectivity index (χ3v) is 2.77. The summed E-state index contributed by atoms with van der Waals surface area (Å²) in [5, 5.41) is 10.6. The third-order valence-electron chi connectivity index (χ3n) is 2.77. The monoisotopic (exact) mass is 204 g/mol. The quantitative estimate of drug-likeness (QED) is 0.521. The van der Waals surface area contributed by atoms with Gasteiger partial charge < -0.3 is 4.90 Å². The fourth-order valence-electron chi connectivity index (χ4n) is 1.70. The van der Waals surface area contributed by atoms with E-state index in [9.17, 15) is 10.1 Å². The molecule has 0 spiro atoms. The predicted octanol–water partition coefficient (Wildman–Crippen LogP) is 2.45. The summed E-state index contributed by atoms with van der Waals surface area (Å²) in [4.78, 5) is 12.3. The smallest absolute Gasteiger partial charge is 0.270 e. The maximum Gasteiger partial charge on any atom is 0.270 e. The Balaban J connectivity index is 2.50. The Bertz CT molecular complexity index is 440. The molecule has 78 valence electrons. The van der Waals surface area contributed by atoms with Crippen LogP contribution in [0.15, 0.2) is 24.3 Å². The number of non-ortho nitro benzene ring substituents is 1. The van der Waals surface area contributed by atoms with Gasteiger partial charge in [0.2, 0.25) is 0 Å². The minimum Gasteiger partial charge on any atom is -0.368 e. The van der Waals surface area contributed by atoms with Crippen LogP contribution in [0.3, 0.4) is 0 Å². The molecule has 2 rings (SSSR count). The number of benzene rings is 1. The molecule has 1 heterocycles. The number of fused-ring (bicyclic) bond motifs is 1. The topological polar surface area (TPSA) is 46.4 Å². The van der Waals surface area contributed by atoms with Gasteiger partial charge in [-0.05, 0) is 13.0 Å². The SMILES string of the molecule is CC1C=Cc2cc([N+](=O)[O-])ccc2N1C. The van der Waals surface area contributed by atoms with Crippen LogP contribution in [0.4, 0.5) is 11.4 Å². The van der Waals surface area contributed by atoms with Crippen molar-refractivity contribution < 1.29 is 4.92 Å². The number of anilines is 1. The number of nitro groups is 1. The largest absolute Gasteiger partial charge is 0.368 e. The second-order valence-electron chi connectivity index (χ2n) is 3.71. The number of nitro benzene ring substituents is 1. The van der Waals surface area contributed by atoms with E-state index in [1.807, 2.05) is 19.2 Å². The molecule has 1 aromatic carbocycles. The molecule has 0 aromatic heterocycles. The Morgan fingerprint density at radius 2 is 2.20 bits per heavy atom. The Hall–Kier alpha value is -1.84. The molecular formula is C11H12N2O2. The second-order valence-corrected chi connectivity index (χ2v) is 3.71. The molecule has 1 aromatic rings. The van der Waals surface area contributed by atoms with Gasteiger partial charge in [0.15, 0.2) is 0 Å². The van der Waals surface area contributed by atoms with E-state index in [0.29, 0.717) is 6.04 Å². The summed E-state index contributed by atoms with van der Waals surface area (Å²) in [6.45, 7) is 2.08. The molecule has 4 heteroatoms. The molecule has 0 bridgehead atoms. The molecule has 4 nitrogen and oxygen atoms in total. The summed E-state index contributed by atoms with van der Waals surface area (Å²) in [5.74, 6) is 0. The first kappa shape index (κ1) is 9.71. The molecule has 0 amide bonds. The van der Waals surface area contributed by atoms with Crippen LogP contribution < -0.4 is 4.90 Å². The maximum atomic E-state index is 10.6. The number of rotatable bonds is 1. The van der Waals surface area contributed by atoms with Crippen molar-refractivity contribution in [3.63, 3.8) is 0 Å². The van der Waals surface area contributed by atoms with Crippen LogP contribution in [0, 0.1) is 10.1 Å². The van der Waals surface area contributed by atoms with Crippen molar-refractivity contribution in [2.45, 2.75) is 13.0 Å². The highest BCUT2D eigenvalue weighted by Gasteiger charge is 2.17. The van der Waals surface area contributed by atoms with Crippen LogP contribution in [0.5, 0.6) is 0 Å². The van der Waals surface area contributed by atoms with Crippen molar-refractivity contribution in [2.24, 2.45) is 0 Å². The van der Waals surface area contributed by atoms with Gasteiger partial charge in [0, 0.05) is 36.5 Å². The first-order valence-corrected chi connectivity index (χ1v) is 4.79. The highest BCUT2D eigenvalue weighted by atomic mass is 16.6. The van der Waals surface area contributed by atoms with Gasteiger partial charge in [0.25, 0.3) is 5.69 Å². The van der Waals surface area contributed by atoms with Crippen molar-refractivity contribution in [2.75, 3.05) is 11.9 Å². The van der Waals surface area contributed by atoms with E-state index < -0.39 is 0 Å². The summed E-state index contributed by atoms with van der Waals surface area (Å²) in [6, 6.07) is 5.28. The van der Waals surface area contributed by atoms with E-state index in [1.54, 1.807) is 18.2 Å². The summed E-state index contributed by atoms with van der Waals surface area (Å²) < 4.78 is 0. The Morgan fingerprint density at radius 1 is 1.47 bits per heavy atom. The molecule has 15 heavy (non-hydrogen) atoms. The zero-order chi connectivity index (χ0) is 11.0. The second kappa shape index (κ2) is 3.38. The molecule has 1 aliphatic heterocycles. The van der Waals surface area contributed by atoms with Gasteiger partial charge in [-0.1, -0.05) is 12.2 Å². The van der Waals surface area contributed by atoms with Crippen LogP contribution in [-0.4, -0.2) is 18.0 Å². The van der Waals surface area contributed by atoms with E-state index in [1.165, 1.54) is 0 Å². The number of hydrogen-bond acceptors (Lipinski definition) is 3. The first-order chi connectivity index (χ1) is 7.09. The maximum absolute atomic E-state index is 10.6. The lowest BCUT2D eigenvalue weighted by molar-refractivity contribution is -0.384. The third kappa shape index (κ3) is 1.58. The zero-order valence-electron chi connectivity index (χ0n) is 8.68. The van der Waals surface area contributed by atoms with Gasteiger partial charge >= 0.3 is 0 Å². The minimum atomic E-state index is -0.369. The molecule has 1 atom stereocenters. The van der Waals surface area contributed by atoms with Crippen molar-refractivity contribution in [1.82, 2.24) is 0 Å². The van der Waals surface area contributed by atoms with Crippen molar-refractivity contribution in [3.05, 3.63) is 40.0 Å². The van der Waals surface area contributed by atoms with Gasteiger partial charge in [-0.2, -0.15) is 0 Å². The van der Waals surface area contributed by atoms with Gasteiger partial charge in [-0.3, -0.25) is 10.1 Å². The van der Waals surface area contributed by atoms with E-state index >= 15 is 0 Å². The van der Waals surface area contributed by atoms with Crippen LogP contribution in [0.25, 0.3) is 6.08 Å². The molecule has 0 N–H and O–H groups in total. The van der Waals surface area contributed by atoms with Gasteiger partial charge in [-0.25, -0.2) is 0 Å². The van der Waals surface area contributed by atoms with Gasteiger partial charge in [0.1, 0.15) is 0 Å². The van der Waals surface area contributed by atoms with Crippen LogP contribution in [0.2, 0.25) is 0 Å². The number of likely N-dealkylation sites (N-methyl/N-ethyl adjacent to an activating group) is 1. The van der Waals surface area contributed by atoms with Crippen LogP contribution in [-0.2, 0) is 0 Å². The van der Waals surface area contributed by atoms with Crippen molar-refractivity contribution in [1.29, 1.82) is 0 Å². The Morgan fingerprint density at radius 3 is 2.87 bits per heavy atom. The van der Waals surface area contributed by atoms with Crippen molar-refractivity contribution in [3.8, 4) is 0 Å². The van der Waals surface area contributed by atoms with E-state index in [0.717, 1.165) is 11.3 Å². The normalized spacial score (nSPS) is 18.8. The van der Waals surface area contributed by atoms with E-state index in [2.05, 4.69) is 11.8 Å². The number of hydrogen-bond donors (Lipinski definition) is 0. The lowest BCUT2D eigenvalue weighted by atomic mass is 10.0. The average Bonchev–Trinajstić information content (AvgIpc) is 2.23. The summed E-state index contributed by atoms with van der Waals surface area (Å²) >= 11 is 0. The van der Waals surface area contributed by atoms with E-state index in [-0.39, 0.29) is 10.6 Å². The van der Waals surface area contributed by atoms with Crippen LogP contribution >= 0.6 is 0 Å². The predicted molar refractivity (Wildman–Crippen MR) is 60.0 cm³/mol. The lowest BCUT2D eigenvalue weighted by Gasteiger charge is -2.29. The summed E-state index contributed by atoms with van der Waals surface area (Å²) in [5.41, 5.74) is 2.08. The molecule has 0 aliphatic carbocycles. The first-order valence-electron chi connectivity index (χ1n) is 4.79.